The number of carbonyl (C=O) groups excluding carboxylic acids is 2. The summed E-state index contributed by atoms with van der Waals surface area (Å²) in [6, 6.07) is 9.73. The zero-order valence-corrected chi connectivity index (χ0v) is 20.7. The molecule has 1 aliphatic carbocycles. The lowest BCUT2D eigenvalue weighted by atomic mass is 9.98. The first-order valence-electron chi connectivity index (χ1n) is 12.0. The molecule has 1 N–H and O–H groups in total. The van der Waals surface area contributed by atoms with Gasteiger partial charge >= 0.3 is 0 Å². The van der Waals surface area contributed by atoms with Crippen LogP contribution in [0.2, 0.25) is 0 Å². The number of hydrogen-bond acceptors (Lipinski definition) is 3. The van der Waals surface area contributed by atoms with Crippen molar-refractivity contribution in [3.8, 4) is 0 Å². The quantitative estimate of drug-likeness (QED) is 0.336. The third kappa shape index (κ3) is 13.5. The molecule has 1 heterocycles. The van der Waals surface area contributed by atoms with Crippen molar-refractivity contribution in [2.75, 3.05) is 6.54 Å². The Hall–Kier alpha value is -2.63. The van der Waals surface area contributed by atoms with E-state index in [4.69, 9.17) is 4.79 Å². The van der Waals surface area contributed by atoms with Gasteiger partial charge in [0.2, 0.25) is 5.95 Å². The predicted octanol–water partition coefficient (Wildman–Crippen LogP) is 7.10. The summed E-state index contributed by atoms with van der Waals surface area (Å²) in [5.74, 6) is 0.150. The minimum absolute atomic E-state index is 0.0370. The Labute approximate surface area is 198 Å². The first-order chi connectivity index (χ1) is 16.0. The Kier molecular flexibility index (Phi) is 17.4. The van der Waals surface area contributed by atoms with Gasteiger partial charge in [-0.3, -0.25) is 4.79 Å². The first kappa shape index (κ1) is 30.4. The molecule has 1 aliphatic rings. The Bertz CT molecular complexity index is 789. The van der Waals surface area contributed by atoms with Crippen LogP contribution in [-0.4, -0.2) is 23.7 Å². The van der Waals surface area contributed by atoms with E-state index in [-0.39, 0.29) is 11.7 Å². The molecule has 0 bridgehead atoms. The second-order valence-electron chi connectivity index (χ2n) is 7.55. The Morgan fingerprint density at radius 2 is 1.70 bits per heavy atom. The molecule has 0 aliphatic heterocycles. The fourth-order valence-electron chi connectivity index (χ4n) is 3.25. The molecule has 184 valence electrons. The molecule has 0 unspecified atom stereocenters. The Morgan fingerprint density at radius 1 is 1.12 bits per heavy atom. The molecule has 1 saturated carbocycles. The van der Waals surface area contributed by atoms with Crippen LogP contribution in [0.1, 0.15) is 95.0 Å². The molecular formula is C27H40F2N2O2. The van der Waals surface area contributed by atoms with Gasteiger partial charge in [0.1, 0.15) is 12.1 Å². The van der Waals surface area contributed by atoms with Crippen molar-refractivity contribution in [1.82, 2.24) is 10.3 Å². The summed E-state index contributed by atoms with van der Waals surface area (Å²) >= 11 is 0. The first-order valence-corrected chi connectivity index (χ1v) is 12.0. The lowest BCUT2D eigenvalue weighted by molar-refractivity contribution is -0.106. The molecule has 1 amide bonds. The van der Waals surface area contributed by atoms with Crippen LogP contribution in [0.4, 0.5) is 8.78 Å². The number of amides is 1. The molecule has 1 fully saturated rings. The van der Waals surface area contributed by atoms with Gasteiger partial charge in [-0.25, -0.2) is 9.37 Å². The van der Waals surface area contributed by atoms with Crippen LogP contribution < -0.4 is 5.32 Å². The van der Waals surface area contributed by atoms with E-state index in [2.05, 4.69) is 24.1 Å². The van der Waals surface area contributed by atoms with Gasteiger partial charge in [-0.05, 0) is 62.1 Å². The van der Waals surface area contributed by atoms with Gasteiger partial charge < -0.3 is 10.1 Å². The highest BCUT2D eigenvalue weighted by Crippen LogP contribution is 2.40. The summed E-state index contributed by atoms with van der Waals surface area (Å²) < 4.78 is 25.8. The highest BCUT2D eigenvalue weighted by Gasteiger charge is 2.25. The summed E-state index contributed by atoms with van der Waals surface area (Å²) in [5.41, 5.74) is 1.23. The number of hydrogen-bond donors (Lipinski definition) is 1. The topological polar surface area (TPSA) is 59.1 Å². The van der Waals surface area contributed by atoms with Gasteiger partial charge in [0.25, 0.3) is 5.91 Å². The average Bonchev–Trinajstić information content (AvgIpc) is 3.66. The van der Waals surface area contributed by atoms with E-state index in [1.807, 2.05) is 26.0 Å². The zero-order chi connectivity index (χ0) is 25.1. The summed E-state index contributed by atoms with van der Waals surface area (Å²) in [4.78, 5) is 24.0. The maximum Gasteiger partial charge on any atom is 0.251 e. The van der Waals surface area contributed by atoms with Gasteiger partial charge in [-0.15, -0.1) is 0 Å². The lowest BCUT2D eigenvalue weighted by Gasteiger charge is -2.15. The van der Waals surface area contributed by atoms with Crippen LogP contribution in [0, 0.1) is 17.7 Å². The molecule has 1 aromatic heterocycles. The average molecular weight is 463 g/mol. The third-order valence-electron chi connectivity index (χ3n) is 4.86. The smallest absolute Gasteiger partial charge is 0.251 e. The standard InChI is InChI=1S/C14H21FN2O.C9H9F.C2H4O.C2H6/c1-3-5-11(6-4-2)10-17-14(18)12-7-8-16-13(15)9-12;10-9-4-2-1-3-8(9)7-5-6-7;1-2-3;1-2/h7-9,11H,3-6,10H2,1-2H3,(H,17,18);1-4,7H,5-6H2;2H,1H3;1-2H3. The van der Waals surface area contributed by atoms with Crippen molar-refractivity contribution in [2.45, 2.75) is 79.1 Å². The van der Waals surface area contributed by atoms with Gasteiger partial charge in [0.05, 0.1) is 0 Å². The van der Waals surface area contributed by atoms with Gasteiger partial charge in [0.15, 0.2) is 0 Å². The number of nitrogens with zero attached hydrogens (tertiary/aromatic N) is 1. The van der Waals surface area contributed by atoms with Crippen LogP contribution in [0.25, 0.3) is 0 Å². The SMILES string of the molecule is CC.CC=O.CCCC(CCC)CNC(=O)c1ccnc(F)c1.Fc1ccccc1C1CC1. The molecule has 33 heavy (non-hydrogen) atoms. The maximum atomic E-state index is 12.9. The Balaban J connectivity index is 0.000000569. The molecule has 0 saturated heterocycles. The van der Waals surface area contributed by atoms with Crippen molar-refractivity contribution < 1.29 is 18.4 Å². The summed E-state index contributed by atoms with van der Waals surface area (Å²) in [6.45, 7) is 10.4. The summed E-state index contributed by atoms with van der Waals surface area (Å²) in [7, 11) is 0. The molecular weight excluding hydrogens is 422 g/mol. The largest absolute Gasteiger partial charge is 0.352 e. The van der Waals surface area contributed by atoms with E-state index < -0.39 is 5.95 Å². The highest BCUT2D eigenvalue weighted by molar-refractivity contribution is 5.93. The Morgan fingerprint density at radius 3 is 2.18 bits per heavy atom. The van der Waals surface area contributed by atoms with Crippen LogP contribution in [0.15, 0.2) is 42.6 Å². The van der Waals surface area contributed by atoms with Crippen LogP contribution in [0.3, 0.4) is 0 Å². The molecule has 4 nitrogen and oxygen atoms in total. The second-order valence-corrected chi connectivity index (χ2v) is 7.55. The van der Waals surface area contributed by atoms with E-state index in [9.17, 15) is 13.6 Å². The molecule has 2 aromatic rings. The van der Waals surface area contributed by atoms with Crippen molar-refractivity contribution in [3.05, 3.63) is 65.5 Å². The number of halogens is 2. The summed E-state index contributed by atoms with van der Waals surface area (Å²) in [5, 5.41) is 2.86. The molecule has 0 radical (unpaired) electrons. The van der Waals surface area contributed by atoms with E-state index >= 15 is 0 Å². The van der Waals surface area contributed by atoms with Gasteiger partial charge in [-0.2, -0.15) is 4.39 Å². The number of aromatic nitrogens is 1. The van der Waals surface area contributed by atoms with Crippen LogP contribution in [0.5, 0.6) is 0 Å². The van der Waals surface area contributed by atoms with Crippen molar-refractivity contribution in [2.24, 2.45) is 5.92 Å². The second kappa shape index (κ2) is 18.9. The normalized spacial score (nSPS) is 11.6. The number of nitrogens with one attached hydrogen (secondary N) is 1. The molecule has 0 spiro atoms. The van der Waals surface area contributed by atoms with Crippen LogP contribution >= 0.6 is 0 Å². The number of rotatable bonds is 8. The van der Waals surface area contributed by atoms with E-state index in [0.29, 0.717) is 23.9 Å². The van der Waals surface area contributed by atoms with Gasteiger partial charge in [0, 0.05) is 24.4 Å². The van der Waals surface area contributed by atoms with Crippen LogP contribution in [-0.2, 0) is 4.79 Å². The molecule has 3 rings (SSSR count). The van der Waals surface area contributed by atoms with Crippen molar-refractivity contribution in [1.29, 1.82) is 0 Å². The number of aldehydes is 1. The maximum absolute atomic E-state index is 12.9. The van der Waals surface area contributed by atoms with Crippen molar-refractivity contribution in [3.63, 3.8) is 0 Å². The number of benzene rings is 1. The summed E-state index contributed by atoms with van der Waals surface area (Å²) in [6.07, 6.45) is 8.84. The fraction of sp³-hybridized carbons (Fsp3) is 0.519. The van der Waals surface area contributed by atoms with Gasteiger partial charge in [-0.1, -0.05) is 58.7 Å². The van der Waals surface area contributed by atoms with Crippen molar-refractivity contribution >= 4 is 12.2 Å². The molecule has 1 aromatic carbocycles. The zero-order valence-electron chi connectivity index (χ0n) is 20.7. The number of pyridine rings is 1. The van der Waals surface area contributed by atoms with E-state index in [1.165, 1.54) is 38.1 Å². The minimum atomic E-state index is -0.624. The fourth-order valence-corrected chi connectivity index (χ4v) is 3.25. The predicted molar refractivity (Wildman–Crippen MR) is 131 cm³/mol. The third-order valence-corrected chi connectivity index (χ3v) is 4.86. The van der Waals surface area contributed by atoms with E-state index in [1.54, 1.807) is 6.07 Å². The minimum Gasteiger partial charge on any atom is -0.352 e. The van der Waals surface area contributed by atoms with E-state index in [0.717, 1.165) is 43.6 Å². The lowest BCUT2D eigenvalue weighted by Crippen LogP contribution is -2.29. The number of carbonyl (C=O) groups is 2. The monoisotopic (exact) mass is 462 g/mol. The molecule has 6 heteroatoms. The molecule has 0 atom stereocenters. The highest BCUT2D eigenvalue weighted by atomic mass is 19.1.